The number of nitriles is 2. The van der Waals surface area contributed by atoms with Gasteiger partial charge in [0.25, 0.3) is 0 Å². The first kappa shape index (κ1) is 21.6. The van der Waals surface area contributed by atoms with Gasteiger partial charge in [-0.1, -0.05) is 0 Å². The first-order valence-corrected chi connectivity index (χ1v) is 10.4. The Labute approximate surface area is 180 Å². The number of anilines is 2. The fraction of sp³-hybridized carbons (Fsp3) is 0.417. The normalized spacial score (nSPS) is 14.4. The van der Waals surface area contributed by atoms with Crippen LogP contribution in [0.15, 0.2) is 42.5 Å². The van der Waals surface area contributed by atoms with E-state index < -0.39 is 0 Å². The van der Waals surface area contributed by atoms with Crippen LogP contribution in [0.1, 0.15) is 16.7 Å². The summed E-state index contributed by atoms with van der Waals surface area (Å²) in [6, 6.07) is 18.5. The summed E-state index contributed by atoms with van der Waals surface area (Å²) < 4.78 is 0. The minimum absolute atomic E-state index is 0.692. The maximum absolute atomic E-state index is 9.57. The average molecular weight is 403 g/mol. The first-order chi connectivity index (χ1) is 14.5. The Morgan fingerprint density at radius 3 is 2.17 bits per heavy atom. The van der Waals surface area contributed by atoms with Gasteiger partial charge in [-0.05, 0) is 62.1 Å². The smallest absolute Gasteiger partial charge is 0.0995 e. The minimum Gasteiger partial charge on any atom is -0.373 e. The van der Waals surface area contributed by atoms with Gasteiger partial charge in [-0.15, -0.1) is 0 Å². The van der Waals surface area contributed by atoms with Crippen molar-refractivity contribution in [3.05, 3.63) is 59.2 Å². The molecule has 0 spiro atoms. The Morgan fingerprint density at radius 1 is 0.867 bits per heavy atom. The zero-order chi connectivity index (χ0) is 21.5. The van der Waals surface area contributed by atoms with Gasteiger partial charge in [-0.2, -0.15) is 10.5 Å². The van der Waals surface area contributed by atoms with Crippen molar-refractivity contribution in [2.24, 2.45) is 0 Å². The lowest BCUT2D eigenvalue weighted by molar-refractivity contribution is 0.249. The van der Waals surface area contributed by atoms with E-state index in [0.717, 1.165) is 68.3 Å². The van der Waals surface area contributed by atoms with Crippen molar-refractivity contribution in [3.8, 4) is 12.1 Å². The number of likely N-dealkylation sites (N-methyl/N-ethyl adjacent to an activating group) is 2. The summed E-state index contributed by atoms with van der Waals surface area (Å²) in [5.41, 5.74) is 4.86. The highest BCUT2D eigenvalue weighted by Crippen LogP contribution is 2.22. The second kappa shape index (κ2) is 10.1. The Balaban J connectivity index is 1.62. The van der Waals surface area contributed by atoms with Gasteiger partial charge in [0.05, 0.1) is 23.3 Å². The maximum Gasteiger partial charge on any atom is 0.0995 e. The summed E-state index contributed by atoms with van der Waals surface area (Å²) in [5, 5.41) is 18.5. The molecule has 30 heavy (non-hydrogen) atoms. The first-order valence-electron chi connectivity index (χ1n) is 10.4. The lowest BCUT2D eigenvalue weighted by Crippen LogP contribution is -2.46. The average Bonchev–Trinajstić information content (AvgIpc) is 2.78. The molecule has 6 nitrogen and oxygen atoms in total. The number of nitrogens with zero attached hydrogens (tertiary/aromatic N) is 6. The molecule has 1 heterocycles. The van der Waals surface area contributed by atoms with Crippen molar-refractivity contribution in [2.45, 2.75) is 6.54 Å². The highest BCUT2D eigenvalue weighted by molar-refractivity contribution is 5.54. The monoisotopic (exact) mass is 402 g/mol. The summed E-state index contributed by atoms with van der Waals surface area (Å²) in [4.78, 5) is 9.19. The van der Waals surface area contributed by atoms with E-state index in [1.165, 1.54) is 0 Å². The fourth-order valence-corrected chi connectivity index (χ4v) is 3.69. The molecule has 6 heteroatoms. The standard InChI is InChI=1S/C24H30N6/c1-27(2)10-11-28(3)24-9-6-21(18-26)22(16-24)19-29-12-14-30(15-13-29)23-7-4-20(17-25)5-8-23/h4-9,16H,10-15,19H2,1-3H3. The van der Waals surface area contributed by atoms with E-state index >= 15 is 0 Å². The van der Waals surface area contributed by atoms with Crippen molar-refractivity contribution in [2.75, 3.05) is 70.2 Å². The van der Waals surface area contributed by atoms with E-state index in [1.54, 1.807) is 0 Å². The van der Waals surface area contributed by atoms with Crippen LogP contribution in [0.4, 0.5) is 11.4 Å². The summed E-state index contributed by atoms with van der Waals surface area (Å²) >= 11 is 0. The molecule has 1 aliphatic heterocycles. The SMILES string of the molecule is CN(C)CCN(C)c1ccc(C#N)c(CN2CCN(c3ccc(C#N)cc3)CC2)c1. The molecule has 0 atom stereocenters. The van der Waals surface area contributed by atoms with Gasteiger partial charge in [-0.3, -0.25) is 4.90 Å². The molecule has 2 aromatic rings. The zero-order valence-electron chi connectivity index (χ0n) is 18.2. The van der Waals surface area contributed by atoms with E-state index in [9.17, 15) is 5.26 Å². The second-order valence-electron chi connectivity index (χ2n) is 8.10. The molecule has 2 aromatic carbocycles. The van der Waals surface area contributed by atoms with Crippen LogP contribution in [0, 0.1) is 22.7 Å². The molecule has 1 saturated heterocycles. The summed E-state index contributed by atoms with van der Waals surface area (Å²) in [7, 11) is 6.26. The second-order valence-corrected chi connectivity index (χ2v) is 8.10. The molecular formula is C24H30N6. The number of rotatable bonds is 7. The molecule has 0 N–H and O–H groups in total. The predicted octanol–water partition coefficient (Wildman–Crippen LogP) is 2.75. The van der Waals surface area contributed by atoms with Crippen molar-refractivity contribution >= 4 is 11.4 Å². The van der Waals surface area contributed by atoms with Crippen LogP contribution in [-0.2, 0) is 6.54 Å². The zero-order valence-corrected chi connectivity index (χ0v) is 18.2. The van der Waals surface area contributed by atoms with Crippen molar-refractivity contribution in [3.63, 3.8) is 0 Å². The molecule has 1 aliphatic rings. The van der Waals surface area contributed by atoms with Crippen molar-refractivity contribution in [1.82, 2.24) is 9.80 Å². The third kappa shape index (κ3) is 5.51. The van der Waals surface area contributed by atoms with E-state index in [0.29, 0.717) is 5.56 Å². The topological polar surface area (TPSA) is 60.5 Å². The predicted molar refractivity (Wildman–Crippen MR) is 122 cm³/mol. The van der Waals surface area contributed by atoms with Gasteiger partial charge in [0.2, 0.25) is 0 Å². The molecule has 0 unspecified atom stereocenters. The number of hydrogen-bond donors (Lipinski definition) is 0. The lowest BCUT2D eigenvalue weighted by atomic mass is 10.1. The van der Waals surface area contributed by atoms with Gasteiger partial charge >= 0.3 is 0 Å². The van der Waals surface area contributed by atoms with Crippen molar-refractivity contribution < 1.29 is 0 Å². The highest BCUT2D eigenvalue weighted by Gasteiger charge is 2.19. The van der Waals surface area contributed by atoms with E-state index in [1.807, 2.05) is 36.4 Å². The third-order valence-corrected chi connectivity index (χ3v) is 5.66. The summed E-state index contributed by atoms with van der Waals surface area (Å²) in [6.07, 6.45) is 0. The molecule has 0 amide bonds. The van der Waals surface area contributed by atoms with Crippen molar-refractivity contribution in [1.29, 1.82) is 10.5 Å². The summed E-state index contributed by atoms with van der Waals surface area (Å²) in [5.74, 6) is 0. The molecule has 0 aliphatic carbocycles. The third-order valence-electron chi connectivity index (χ3n) is 5.66. The largest absolute Gasteiger partial charge is 0.373 e. The molecule has 156 valence electrons. The fourth-order valence-electron chi connectivity index (χ4n) is 3.69. The summed E-state index contributed by atoms with van der Waals surface area (Å²) in [6.45, 7) is 6.51. The van der Waals surface area contributed by atoms with E-state index in [4.69, 9.17) is 5.26 Å². The number of piperazine rings is 1. The van der Waals surface area contributed by atoms with E-state index in [2.05, 4.69) is 58.9 Å². The van der Waals surface area contributed by atoms with Gasteiger partial charge in [0, 0.05) is 64.2 Å². The van der Waals surface area contributed by atoms with E-state index in [-0.39, 0.29) is 0 Å². The minimum atomic E-state index is 0.692. The molecule has 0 radical (unpaired) electrons. The van der Waals surface area contributed by atoms with Crippen LogP contribution in [-0.4, -0.2) is 70.2 Å². The van der Waals surface area contributed by atoms with Gasteiger partial charge in [0.1, 0.15) is 0 Å². The highest BCUT2D eigenvalue weighted by atomic mass is 15.3. The van der Waals surface area contributed by atoms with Crippen LogP contribution < -0.4 is 9.80 Å². The molecule has 0 bridgehead atoms. The van der Waals surface area contributed by atoms with Crippen LogP contribution in [0.5, 0.6) is 0 Å². The Bertz CT molecular complexity index is 914. The van der Waals surface area contributed by atoms with Crippen LogP contribution in [0.25, 0.3) is 0 Å². The molecule has 0 saturated carbocycles. The van der Waals surface area contributed by atoms with Crippen LogP contribution in [0.2, 0.25) is 0 Å². The number of benzene rings is 2. The van der Waals surface area contributed by atoms with Gasteiger partial charge in [-0.25, -0.2) is 0 Å². The molecule has 0 aromatic heterocycles. The Kier molecular flexibility index (Phi) is 7.30. The lowest BCUT2D eigenvalue weighted by Gasteiger charge is -2.36. The van der Waals surface area contributed by atoms with Gasteiger partial charge < -0.3 is 14.7 Å². The quantitative estimate of drug-likeness (QED) is 0.710. The molecule has 3 rings (SSSR count). The van der Waals surface area contributed by atoms with Gasteiger partial charge in [0.15, 0.2) is 0 Å². The number of hydrogen-bond acceptors (Lipinski definition) is 6. The maximum atomic E-state index is 9.57. The van der Waals surface area contributed by atoms with Crippen LogP contribution >= 0.6 is 0 Å². The molecular weight excluding hydrogens is 372 g/mol. The van der Waals surface area contributed by atoms with Crippen LogP contribution in [0.3, 0.4) is 0 Å². The Morgan fingerprint density at radius 2 is 1.57 bits per heavy atom. The Hall–Kier alpha value is -3.06. The molecule has 1 fully saturated rings.